The third kappa shape index (κ3) is 1.82. The van der Waals surface area contributed by atoms with Crippen LogP contribution in [-0.2, 0) is 11.1 Å². The van der Waals surface area contributed by atoms with Crippen molar-refractivity contribution < 1.29 is 9.46 Å². The first-order chi connectivity index (χ1) is 7.66. The van der Waals surface area contributed by atoms with Crippen LogP contribution in [0.4, 0.5) is 0 Å². The fourth-order valence-electron chi connectivity index (χ4n) is 1.57. The van der Waals surface area contributed by atoms with Crippen molar-refractivity contribution in [1.82, 2.24) is 9.55 Å². The van der Waals surface area contributed by atoms with Crippen molar-refractivity contribution >= 4 is 18.2 Å². The van der Waals surface area contributed by atoms with Crippen LogP contribution < -0.4 is 10.9 Å². The van der Waals surface area contributed by atoms with E-state index in [9.17, 15) is 9.46 Å². The fourth-order valence-corrected chi connectivity index (χ4v) is 3.15. The molecule has 1 aromatic heterocycles. The lowest BCUT2D eigenvalue weighted by Crippen LogP contribution is -2.24. The maximum atomic E-state index is 12.3. The third-order valence-electron chi connectivity index (χ3n) is 2.41. The highest BCUT2D eigenvalue weighted by molar-refractivity contribution is 7.73. The van der Waals surface area contributed by atoms with E-state index in [0.29, 0.717) is 11.8 Å². The van der Waals surface area contributed by atoms with Crippen molar-refractivity contribution in [2.45, 2.75) is 13.5 Å². The molecular formula is C11H13N2O2P. The molecule has 4 nitrogen and oxygen atoms in total. The molecule has 5 heteroatoms. The van der Waals surface area contributed by atoms with Gasteiger partial charge < -0.3 is 9.46 Å². The number of hydrogen-bond donors (Lipinski definition) is 1. The fraction of sp³-hybridized carbons (Fsp3) is 0.182. The van der Waals surface area contributed by atoms with Gasteiger partial charge in [0.05, 0.1) is 0 Å². The summed E-state index contributed by atoms with van der Waals surface area (Å²) in [7, 11) is -3.55. The minimum Gasteiger partial charge on any atom is -0.336 e. The van der Waals surface area contributed by atoms with E-state index in [2.05, 4.69) is 4.98 Å². The van der Waals surface area contributed by atoms with Crippen molar-refractivity contribution in [3.63, 3.8) is 0 Å². The summed E-state index contributed by atoms with van der Waals surface area (Å²) in [6.07, 6.45) is 3.26. The van der Waals surface area contributed by atoms with E-state index in [1.807, 2.05) is 13.0 Å². The number of aromatic nitrogens is 2. The quantitative estimate of drug-likeness (QED) is 0.812. The summed E-state index contributed by atoms with van der Waals surface area (Å²) in [5.41, 5.74) is 0.237. The van der Waals surface area contributed by atoms with Gasteiger partial charge in [0.25, 0.3) is 7.37 Å². The molecule has 0 bridgehead atoms. The average molecular weight is 236 g/mol. The molecule has 0 fully saturated rings. The molecule has 16 heavy (non-hydrogen) atoms. The molecule has 0 aliphatic rings. The standard InChI is InChI=1S/C11H13N2O2P/c1-2-13-9-8-12-11(13)16(14,15)10-6-4-3-5-7-10/h3-9H,2H2,1H3,(H,14,15). The van der Waals surface area contributed by atoms with Gasteiger partial charge in [-0.25, -0.2) is 4.98 Å². The highest BCUT2D eigenvalue weighted by Crippen LogP contribution is 2.36. The Morgan fingerprint density at radius 3 is 2.69 bits per heavy atom. The first-order valence-electron chi connectivity index (χ1n) is 5.06. The van der Waals surface area contributed by atoms with E-state index >= 15 is 0 Å². The lowest BCUT2D eigenvalue weighted by atomic mass is 10.4. The van der Waals surface area contributed by atoms with Gasteiger partial charge in [0.15, 0.2) is 5.57 Å². The van der Waals surface area contributed by atoms with Gasteiger partial charge in [-0.15, -0.1) is 0 Å². The van der Waals surface area contributed by atoms with Crippen LogP contribution in [0.5, 0.6) is 0 Å². The maximum absolute atomic E-state index is 12.3. The number of nitrogens with zero attached hydrogens (tertiary/aromatic N) is 2. The zero-order chi connectivity index (χ0) is 11.6. The highest BCUT2D eigenvalue weighted by atomic mass is 31.2. The van der Waals surface area contributed by atoms with Crippen molar-refractivity contribution in [2.24, 2.45) is 0 Å². The Hall–Kier alpha value is -1.38. The van der Waals surface area contributed by atoms with Gasteiger partial charge in [-0.2, -0.15) is 0 Å². The van der Waals surface area contributed by atoms with Crippen molar-refractivity contribution in [3.05, 3.63) is 42.7 Å². The number of benzene rings is 1. The zero-order valence-electron chi connectivity index (χ0n) is 8.95. The first kappa shape index (κ1) is 11.1. The second kappa shape index (κ2) is 4.24. The summed E-state index contributed by atoms with van der Waals surface area (Å²) in [5.74, 6) is 0. The molecule has 2 aromatic rings. The van der Waals surface area contributed by atoms with Crippen molar-refractivity contribution in [1.29, 1.82) is 0 Å². The smallest absolute Gasteiger partial charge is 0.293 e. The lowest BCUT2D eigenvalue weighted by molar-refractivity contribution is 0.497. The van der Waals surface area contributed by atoms with Crippen LogP contribution in [0.25, 0.3) is 0 Å². The number of aryl methyl sites for hydroxylation is 1. The largest absolute Gasteiger partial charge is 0.336 e. The lowest BCUT2D eigenvalue weighted by Gasteiger charge is -2.12. The summed E-state index contributed by atoms with van der Waals surface area (Å²) < 4.78 is 14.0. The van der Waals surface area contributed by atoms with E-state index < -0.39 is 7.37 Å². The Bertz CT molecular complexity index is 522. The Balaban J connectivity index is 2.51. The van der Waals surface area contributed by atoms with E-state index in [-0.39, 0.29) is 5.57 Å². The molecule has 0 saturated carbocycles. The molecule has 1 N–H and O–H groups in total. The van der Waals surface area contributed by atoms with Gasteiger partial charge in [-0.1, -0.05) is 18.2 Å². The molecule has 0 aliphatic heterocycles. The van der Waals surface area contributed by atoms with E-state index in [1.165, 1.54) is 0 Å². The van der Waals surface area contributed by atoms with Crippen LogP contribution in [0.3, 0.4) is 0 Å². The molecule has 0 radical (unpaired) electrons. The van der Waals surface area contributed by atoms with Gasteiger partial charge in [0.2, 0.25) is 0 Å². The highest BCUT2D eigenvalue weighted by Gasteiger charge is 2.28. The molecule has 0 aliphatic carbocycles. The summed E-state index contributed by atoms with van der Waals surface area (Å²) in [6.45, 7) is 2.54. The van der Waals surface area contributed by atoms with Gasteiger partial charge in [-0.05, 0) is 19.1 Å². The molecular weight excluding hydrogens is 223 g/mol. The van der Waals surface area contributed by atoms with Crippen molar-refractivity contribution in [3.8, 4) is 0 Å². The first-order valence-corrected chi connectivity index (χ1v) is 6.72. The van der Waals surface area contributed by atoms with E-state index in [0.717, 1.165) is 0 Å². The van der Waals surface area contributed by atoms with Crippen LogP contribution in [0, 0.1) is 0 Å². The third-order valence-corrected chi connectivity index (χ3v) is 4.32. The molecule has 0 saturated heterocycles. The van der Waals surface area contributed by atoms with Gasteiger partial charge in [-0.3, -0.25) is 4.57 Å². The molecule has 0 amide bonds. The predicted octanol–water partition coefficient (Wildman–Crippen LogP) is 1.12. The van der Waals surface area contributed by atoms with Crippen LogP contribution in [0.2, 0.25) is 0 Å². The monoisotopic (exact) mass is 236 g/mol. The van der Waals surface area contributed by atoms with Gasteiger partial charge in [0, 0.05) is 24.2 Å². The van der Waals surface area contributed by atoms with Crippen LogP contribution in [0.1, 0.15) is 6.92 Å². The number of imidazole rings is 1. The molecule has 1 atom stereocenters. The summed E-state index contributed by atoms with van der Waals surface area (Å²) in [4.78, 5) is 14.1. The van der Waals surface area contributed by atoms with Gasteiger partial charge >= 0.3 is 0 Å². The second-order valence-electron chi connectivity index (χ2n) is 3.42. The predicted molar refractivity (Wildman–Crippen MR) is 63.4 cm³/mol. The summed E-state index contributed by atoms with van der Waals surface area (Å²) in [5, 5.41) is 0.413. The van der Waals surface area contributed by atoms with Crippen molar-refractivity contribution in [2.75, 3.05) is 0 Å². The van der Waals surface area contributed by atoms with E-state index in [1.54, 1.807) is 41.2 Å². The molecule has 2 rings (SSSR count). The minimum absolute atomic E-state index is 0.237. The molecule has 84 valence electrons. The molecule has 1 aromatic carbocycles. The van der Waals surface area contributed by atoms with Gasteiger partial charge in [0.1, 0.15) is 0 Å². The molecule has 1 heterocycles. The molecule has 0 spiro atoms. The van der Waals surface area contributed by atoms with Crippen LogP contribution in [0.15, 0.2) is 42.7 Å². The Morgan fingerprint density at radius 2 is 2.06 bits per heavy atom. The minimum atomic E-state index is -3.55. The van der Waals surface area contributed by atoms with Crippen LogP contribution in [-0.4, -0.2) is 14.4 Å². The number of hydrogen-bond acceptors (Lipinski definition) is 2. The van der Waals surface area contributed by atoms with Crippen LogP contribution >= 0.6 is 7.37 Å². The Kier molecular flexibility index (Phi) is 2.95. The summed E-state index contributed by atoms with van der Waals surface area (Å²) >= 11 is 0. The molecule has 1 unspecified atom stereocenters. The SMILES string of the molecule is CCn1ccnc1P(=O)(O)c1ccccc1. The Morgan fingerprint density at radius 1 is 1.38 bits per heavy atom. The number of rotatable bonds is 3. The maximum Gasteiger partial charge on any atom is 0.293 e. The average Bonchev–Trinajstić information content (AvgIpc) is 2.79. The topological polar surface area (TPSA) is 55.1 Å². The van der Waals surface area contributed by atoms with E-state index in [4.69, 9.17) is 0 Å². The normalized spacial score (nSPS) is 14.6. The Labute approximate surface area is 94.0 Å². The zero-order valence-corrected chi connectivity index (χ0v) is 9.84. The summed E-state index contributed by atoms with van der Waals surface area (Å²) in [6, 6.07) is 8.61. The second-order valence-corrected chi connectivity index (χ2v) is 5.49.